The van der Waals surface area contributed by atoms with E-state index >= 15 is 0 Å². The molecular weight excluding hydrogens is 443 g/mol. The predicted molar refractivity (Wildman–Crippen MR) is 121 cm³/mol. The average molecular weight is 478 g/mol. The van der Waals surface area contributed by atoms with Gasteiger partial charge in [0.2, 0.25) is 0 Å². The first kappa shape index (κ1) is 22.7. The molecule has 1 fully saturated rings. The summed E-state index contributed by atoms with van der Waals surface area (Å²) in [5, 5.41) is 8.96. The fraction of sp³-hybridized carbons (Fsp3) is 0.737. The monoisotopic (exact) mass is 478 g/mol. The number of aliphatic imine (C=N–C) groups is 1. The van der Waals surface area contributed by atoms with Gasteiger partial charge in [0.05, 0.1) is 6.54 Å². The second kappa shape index (κ2) is 12.9. The molecule has 0 aliphatic carbocycles. The molecule has 0 saturated carbocycles. The zero-order valence-corrected chi connectivity index (χ0v) is 19.2. The molecule has 1 aliphatic rings. The molecule has 1 saturated heterocycles. The van der Waals surface area contributed by atoms with Crippen LogP contribution in [0.1, 0.15) is 50.0 Å². The number of hydrogen-bond acceptors (Lipinski definition) is 3. The van der Waals surface area contributed by atoms with Crippen LogP contribution in [0.3, 0.4) is 0 Å². The van der Waals surface area contributed by atoms with Crippen molar-refractivity contribution in [2.24, 2.45) is 10.9 Å². The molecule has 2 heterocycles. The highest BCUT2D eigenvalue weighted by atomic mass is 127. The van der Waals surface area contributed by atoms with Crippen molar-refractivity contribution in [2.45, 2.75) is 53.0 Å². The van der Waals surface area contributed by atoms with E-state index in [-0.39, 0.29) is 24.0 Å². The van der Waals surface area contributed by atoms with E-state index in [1.165, 1.54) is 55.8 Å². The Morgan fingerprint density at radius 1 is 1.28 bits per heavy atom. The van der Waals surface area contributed by atoms with Crippen LogP contribution in [0.25, 0.3) is 0 Å². The van der Waals surface area contributed by atoms with Crippen molar-refractivity contribution < 1.29 is 0 Å². The Morgan fingerprint density at radius 3 is 2.68 bits per heavy atom. The molecule has 0 aromatic carbocycles. The van der Waals surface area contributed by atoms with Crippen LogP contribution in [0.4, 0.5) is 0 Å². The molecule has 0 radical (unpaired) electrons. The summed E-state index contributed by atoms with van der Waals surface area (Å²) in [7, 11) is 0. The van der Waals surface area contributed by atoms with E-state index in [0.717, 1.165) is 31.5 Å². The van der Waals surface area contributed by atoms with Gasteiger partial charge in [-0.2, -0.15) is 0 Å². The third-order valence-corrected chi connectivity index (χ3v) is 5.77. The normalized spacial score (nSPS) is 16.5. The van der Waals surface area contributed by atoms with Crippen LogP contribution in [0.15, 0.2) is 16.4 Å². The van der Waals surface area contributed by atoms with E-state index in [1.54, 1.807) is 11.3 Å². The highest BCUT2D eigenvalue weighted by molar-refractivity contribution is 14.0. The van der Waals surface area contributed by atoms with Crippen LogP contribution >= 0.6 is 35.3 Å². The lowest BCUT2D eigenvalue weighted by Crippen LogP contribution is -2.38. The lowest BCUT2D eigenvalue weighted by atomic mass is 9.99. The molecule has 2 N–H and O–H groups in total. The summed E-state index contributed by atoms with van der Waals surface area (Å²) in [4.78, 5) is 8.68. The fourth-order valence-corrected chi connectivity index (χ4v) is 3.84. The maximum Gasteiger partial charge on any atom is 0.191 e. The average Bonchev–Trinajstić information content (AvgIpc) is 2.99. The summed E-state index contributed by atoms with van der Waals surface area (Å²) < 4.78 is 0. The van der Waals surface area contributed by atoms with Gasteiger partial charge in [-0.05, 0) is 82.1 Å². The molecule has 0 unspecified atom stereocenters. The molecule has 0 amide bonds. The minimum Gasteiger partial charge on any atom is -0.357 e. The first-order valence-corrected chi connectivity index (χ1v) is 10.3. The van der Waals surface area contributed by atoms with Gasteiger partial charge >= 0.3 is 0 Å². The Kier molecular flexibility index (Phi) is 11.7. The summed E-state index contributed by atoms with van der Waals surface area (Å²) in [6, 6.07) is 2.16. The summed E-state index contributed by atoms with van der Waals surface area (Å²) in [5.41, 5.74) is 1.34. The molecule has 2 rings (SSSR count). The molecule has 6 heteroatoms. The highest BCUT2D eigenvalue weighted by Gasteiger charge is 2.14. The molecular formula is C19H35IN4S. The molecule has 1 aromatic heterocycles. The van der Waals surface area contributed by atoms with Crippen molar-refractivity contribution in [1.82, 2.24) is 15.5 Å². The van der Waals surface area contributed by atoms with Crippen molar-refractivity contribution in [3.63, 3.8) is 0 Å². The summed E-state index contributed by atoms with van der Waals surface area (Å²) in [6.45, 7) is 13.1. The number of nitrogens with one attached hydrogen (secondary N) is 2. The second-order valence-corrected chi connectivity index (χ2v) is 7.88. The van der Waals surface area contributed by atoms with Crippen molar-refractivity contribution in [2.75, 3.05) is 32.7 Å². The zero-order valence-electron chi connectivity index (χ0n) is 16.0. The molecule has 144 valence electrons. The summed E-state index contributed by atoms with van der Waals surface area (Å²) in [5.74, 6) is 1.87. The number of aryl methyl sites for hydroxylation is 1. The number of nitrogens with zero attached hydrogens (tertiary/aromatic N) is 2. The zero-order chi connectivity index (χ0) is 17.2. The second-order valence-electron chi connectivity index (χ2n) is 6.88. The lowest BCUT2D eigenvalue weighted by Gasteiger charge is -2.30. The first-order valence-electron chi connectivity index (χ1n) is 9.46. The summed E-state index contributed by atoms with van der Waals surface area (Å²) in [6.07, 6.45) is 5.22. The topological polar surface area (TPSA) is 39.7 Å². The van der Waals surface area contributed by atoms with Gasteiger partial charge in [-0.25, -0.2) is 4.99 Å². The highest BCUT2D eigenvalue weighted by Crippen LogP contribution is 2.17. The summed E-state index contributed by atoms with van der Waals surface area (Å²) >= 11 is 1.79. The number of unbranched alkanes of at least 4 members (excludes halogenated alkanes) is 1. The van der Waals surface area contributed by atoms with Gasteiger partial charge in [0.15, 0.2) is 5.96 Å². The van der Waals surface area contributed by atoms with Gasteiger partial charge in [0.25, 0.3) is 0 Å². The Bertz CT molecular complexity index is 495. The van der Waals surface area contributed by atoms with E-state index in [9.17, 15) is 0 Å². The lowest BCUT2D eigenvalue weighted by molar-refractivity contribution is 0.189. The number of thiophene rings is 1. The van der Waals surface area contributed by atoms with Gasteiger partial charge in [-0.1, -0.05) is 6.92 Å². The third kappa shape index (κ3) is 8.73. The maximum absolute atomic E-state index is 4.71. The van der Waals surface area contributed by atoms with Gasteiger partial charge in [0, 0.05) is 18.0 Å². The largest absolute Gasteiger partial charge is 0.357 e. The Labute approximate surface area is 174 Å². The van der Waals surface area contributed by atoms with Crippen LogP contribution in [-0.4, -0.2) is 43.6 Å². The van der Waals surface area contributed by atoms with Crippen LogP contribution < -0.4 is 10.6 Å². The molecule has 4 nitrogen and oxygen atoms in total. The van der Waals surface area contributed by atoms with Crippen molar-refractivity contribution in [1.29, 1.82) is 0 Å². The molecule has 0 spiro atoms. The first-order chi connectivity index (χ1) is 11.7. The Morgan fingerprint density at radius 2 is 2.04 bits per heavy atom. The van der Waals surface area contributed by atoms with Gasteiger partial charge in [-0.15, -0.1) is 35.3 Å². The predicted octanol–water partition coefficient (Wildman–Crippen LogP) is 4.24. The molecule has 1 aromatic rings. The number of guanidine groups is 1. The van der Waals surface area contributed by atoms with Crippen LogP contribution in [0.5, 0.6) is 0 Å². The minimum absolute atomic E-state index is 0. The maximum atomic E-state index is 4.71. The molecule has 0 bridgehead atoms. The number of halogens is 1. The standard InChI is InChI=1S/C19H34N4S.HI/c1-4-20-19(22-15-18-17(3)9-14-24-18)21-10-5-6-11-23-12-7-16(2)8-13-23;/h9,14,16H,4-8,10-13,15H2,1-3H3,(H2,20,21,22);1H. The van der Waals surface area contributed by atoms with Gasteiger partial charge < -0.3 is 15.5 Å². The van der Waals surface area contributed by atoms with Crippen molar-refractivity contribution in [3.8, 4) is 0 Å². The quantitative estimate of drug-likeness (QED) is 0.254. The van der Waals surface area contributed by atoms with Gasteiger partial charge in [0.1, 0.15) is 0 Å². The van der Waals surface area contributed by atoms with Crippen LogP contribution in [0.2, 0.25) is 0 Å². The van der Waals surface area contributed by atoms with Crippen LogP contribution in [0, 0.1) is 12.8 Å². The Balaban J connectivity index is 0.00000312. The van der Waals surface area contributed by atoms with Crippen LogP contribution in [-0.2, 0) is 6.54 Å². The van der Waals surface area contributed by atoms with Gasteiger partial charge in [-0.3, -0.25) is 0 Å². The number of likely N-dealkylation sites (tertiary alicyclic amines) is 1. The molecule has 25 heavy (non-hydrogen) atoms. The SMILES string of the molecule is CCNC(=NCc1sccc1C)NCCCCN1CCC(C)CC1.I. The molecule has 0 atom stereocenters. The van der Waals surface area contributed by atoms with E-state index < -0.39 is 0 Å². The van der Waals surface area contributed by atoms with Crippen molar-refractivity contribution in [3.05, 3.63) is 21.9 Å². The van der Waals surface area contributed by atoms with E-state index in [4.69, 9.17) is 4.99 Å². The fourth-order valence-electron chi connectivity index (χ4n) is 3.01. The number of rotatable bonds is 8. The van der Waals surface area contributed by atoms with E-state index in [0.29, 0.717) is 0 Å². The number of piperidine rings is 1. The van der Waals surface area contributed by atoms with E-state index in [1.807, 2.05) is 0 Å². The Hall–Kier alpha value is -0.340. The smallest absolute Gasteiger partial charge is 0.191 e. The van der Waals surface area contributed by atoms with E-state index in [2.05, 4.69) is 47.8 Å². The molecule has 1 aliphatic heterocycles. The third-order valence-electron chi connectivity index (χ3n) is 4.76. The number of hydrogen-bond donors (Lipinski definition) is 2. The minimum atomic E-state index is 0. The van der Waals surface area contributed by atoms with Crippen molar-refractivity contribution >= 4 is 41.3 Å².